The maximum atomic E-state index is 13.1. The quantitative estimate of drug-likeness (QED) is 0.601. The van der Waals surface area contributed by atoms with Crippen LogP contribution in [-0.4, -0.2) is 12.0 Å². The Morgan fingerprint density at radius 2 is 1.78 bits per heavy atom. The van der Waals surface area contributed by atoms with Crippen molar-refractivity contribution in [1.29, 1.82) is 0 Å². The third-order valence-corrected chi connectivity index (χ3v) is 7.69. The zero-order chi connectivity index (χ0) is 16.4. The summed E-state index contributed by atoms with van der Waals surface area (Å²) in [7, 11) is 0. The molecular formula is C19H25F3O. The summed E-state index contributed by atoms with van der Waals surface area (Å²) < 4.78 is 39.2. The summed E-state index contributed by atoms with van der Waals surface area (Å²) in [5.74, 6) is 1.28. The van der Waals surface area contributed by atoms with Crippen LogP contribution in [0.4, 0.5) is 13.2 Å². The van der Waals surface area contributed by atoms with Gasteiger partial charge in [0.05, 0.1) is 5.92 Å². The van der Waals surface area contributed by atoms with E-state index in [0.717, 1.165) is 32.1 Å². The lowest BCUT2D eigenvalue weighted by atomic mass is 9.50. The van der Waals surface area contributed by atoms with Gasteiger partial charge in [-0.1, -0.05) is 13.0 Å². The standard InChI is InChI=1S/C19H25F3O/c1-18-9-8-14-13-5-3-12(19(20,21)22)10-11(13)2-4-15(14)16(18)6-7-17(18)23/h6-7,11-16H,2-5,8-10H2,1H3/t11?,12?,13-,14?,15?,16?,18-/m0/s1. The van der Waals surface area contributed by atoms with E-state index in [-0.39, 0.29) is 17.1 Å². The number of hydrogen-bond donors (Lipinski definition) is 0. The van der Waals surface area contributed by atoms with Gasteiger partial charge in [0.25, 0.3) is 0 Å². The van der Waals surface area contributed by atoms with E-state index in [1.54, 1.807) is 6.08 Å². The molecule has 0 bridgehead atoms. The van der Waals surface area contributed by atoms with E-state index < -0.39 is 12.1 Å². The molecule has 3 saturated carbocycles. The maximum absolute atomic E-state index is 13.1. The number of carbonyl (C=O) groups is 1. The lowest BCUT2D eigenvalue weighted by molar-refractivity contribution is -0.195. The van der Waals surface area contributed by atoms with Crippen LogP contribution in [-0.2, 0) is 4.79 Å². The van der Waals surface area contributed by atoms with E-state index in [0.29, 0.717) is 36.5 Å². The van der Waals surface area contributed by atoms with Gasteiger partial charge in [0.15, 0.2) is 5.78 Å². The second-order valence-corrected chi connectivity index (χ2v) is 8.59. The number of halogens is 3. The van der Waals surface area contributed by atoms with Gasteiger partial charge in [-0.05, 0) is 80.6 Å². The van der Waals surface area contributed by atoms with Gasteiger partial charge in [-0.2, -0.15) is 13.2 Å². The van der Waals surface area contributed by atoms with Gasteiger partial charge in [-0.3, -0.25) is 4.79 Å². The molecule has 7 atom stereocenters. The van der Waals surface area contributed by atoms with Crippen LogP contribution in [0.15, 0.2) is 12.2 Å². The van der Waals surface area contributed by atoms with Gasteiger partial charge in [0.2, 0.25) is 0 Å². The Hall–Kier alpha value is -0.800. The van der Waals surface area contributed by atoms with E-state index in [9.17, 15) is 18.0 Å². The molecule has 5 unspecified atom stereocenters. The van der Waals surface area contributed by atoms with Gasteiger partial charge < -0.3 is 0 Å². The van der Waals surface area contributed by atoms with Crippen LogP contribution in [0.3, 0.4) is 0 Å². The number of allylic oxidation sites excluding steroid dienone is 2. The molecule has 0 aromatic rings. The molecule has 128 valence electrons. The van der Waals surface area contributed by atoms with Crippen molar-refractivity contribution in [3.8, 4) is 0 Å². The van der Waals surface area contributed by atoms with Crippen LogP contribution in [0.2, 0.25) is 0 Å². The molecule has 4 aliphatic rings. The van der Waals surface area contributed by atoms with Crippen LogP contribution in [0.25, 0.3) is 0 Å². The predicted molar refractivity (Wildman–Crippen MR) is 81.6 cm³/mol. The summed E-state index contributed by atoms with van der Waals surface area (Å²) in [6.07, 6.45) is 5.12. The first-order valence-corrected chi connectivity index (χ1v) is 9.10. The number of carbonyl (C=O) groups excluding carboxylic acids is 1. The fourth-order valence-corrected chi connectivity index (χ4v) is 6.42. The van der Waals surface area contributed by atoms with Gasteiger partial charge in [0, 0.05) is 5.41 Å². The molecule has 23 heavy (non-hydrogen) atoms. The molecule has 0 aromatic heterocycles. The highest BCUT2D eigenvalue weighted by atomic mass is 19.4. The zero-order valence-electron chi connectivity index (χ0n) is 13.6. The van der Waals surface area contributed by atoms with Crippen LogP contribution in [0, 0.1) is 40.9 Å². The maximum Gasteiger partial charge on any atom is 0.391 e. The first-order valence-electron chi connectivity index (χ1n) is 9.10. The minimum Gasteiger partial charge on any atom is -0.294 e. The lowest BCUT2D eigenvalue weighted by Gasteiger charge is -2.54. The summed E-state index contributed by atoms with van der Waals surface area (Å²) in [4.78, 5) is 12.2. The SMILES string of the molecule is C[C@]12CCC3C(CCC4CC(C(F)(F)F)CC[C@@H]43)C1C=CC2=O. The second-order valence-electron chi connectivity index (χ2n) is 8.59. The number of hydrogen-bond acceptors (Lipinski definition) is 1. The first kappa shape index (κ1) is 15.7. The van der Waals surface area contributed by atoms with Crippen molar-refractivity contribution >= 4 is 5.78 Å². The number of ketones is 1. The molecule has 0 saturated heterocycles. The Labute approximate surface area is 135 Å². The fraction of sp³-hybridized carbons (Fsp3) is 0.842. The van der Waals surface area contributed by atoms with Gasteiger partial charge in [-0.25, -0.2) is 0 Å². The smallest absolute Gasteiger partial charge is 0.294 e. The molecule has 4 heteroatoms. The molecule has 4 rings (SSSR count). The molecule has 0 radical (unpaired) electrons. The molecule has 0 aliphatic heterocycles. The van der Waals surface area contributed by atoms with Gasteiger partial charge in [-0.15, -0.1) is 0 Å². The number of fused-ring (bicyclic) bond motifs is 5. The summed E-state index contributed by atoms with van der Waals surface area (Å²) in [5.41, 5.74) is -0.225. The number of alkyl halides is 3. The normalized spacial score (nSPS) is 49.5. The van der Waals surface area contributed by atoms with E-state index >= 15 is 0 Å². The highest BCUT2D eigenvalue weighted by Gasteiger charge is 2.56. The summed E-state index contributed by atoms with van der Waals surface area (Å²) >= 11 is 0. The van der Waals surface area contributed by atoms with Crippen molar-refractivity contribution in [2.24, 2.45) is 40.9 Å². The summed E-state index contributed by atoms with van der Waals surface area (Å²) in [6.45, 7) is 2.10. The Balaban J connectivity index is 1.53. The minimum absolute atomic E-state index is 0.225. The molecule has 0 N–H and O–H groups in total. The topological polar surface area (TPSA) is 17.1 Å². The van der Waals surface area contributed by atoms with E-state index in [1.165, 1.54) is 0 Å². The van der Waals surface area contributed by atoms with E-state index in [1.807, 2.05) is 0 Å². The highest BCUT2D eigenvalue weighted by Crippen LogP contribution is 2.60. The molecule has 0 spiro atoms. The van der Waals surface area contributed by atoms with Crippen LogP contribution in [0.1, 0.15) is 51.9 Å². The first-order chi connectivity index (χ1) is 10.8. The van der Waals surface area contributed by atoms with Crippen molar-refractivity contribution in [2.45, 2.75) is 58.0 Å². The van der Waals surface area contributed by atoms with Crippen molar-refractivity contribution in [3.63, 3.8) is 0 Å². The Morgan fingerprint density at radius 1 is 1.04 bits per heavy atom. The van der Waals surface area contributed by atoms with Crippen molar-refractivity contribution in [2.75, 3.05) is 0 Å². The monoisotopic (exact) mass is 326 g/mol. The molecule has 0 amide bonds. The third kappa shape index (κ3) is 2.31. The van der Waals surface area contributed by atoms with Crippen LogP contribution in [0.5, 0.6) is 0 Å². The molecule has 4 aliphatic carbocycles. The molecule has 0 heterocycles. The Morgan fingerprint density at radius 3 is 2.52 bits per heavy atom. The average Bonchev–Trinajstić information content (AvgIpc) is 2.81. The predicted octanol–water partition coefficient (Wildman–Crippen LogP) is 5.16. The van der Waals surface area contributed by atoms with E-state index in [2.05, 4.69) is 13.0 Å². The van der Waals surface area contributed by atoms with Crippen LogP contribution >= 0.6 is 0 Å². The van der Waals surface area contributed by atoms with Crippen molar-refractivity contribution < 1.29 is 18.0 Å². The third-order valence-electron chi connectivity index (χ3n) is 7.69. The minimum atomic E-state index is -4.02. The fourth-order valence-electron chi connectivity index (χ4n) is 6.42. The molecule has 3 fully saturated rings. The van der Waals surface area contributed by atoms with Gasteiger partial charge >= 0.3 is 6.18 Å². The Bertz CT molecular complexity index is 537. The molecule has 1 nitrogen and oxygen atoms in total. The van der Waals surface area contributed by atoms with Gasteiger partial charge in [0.1, 0.15) is 0 Å². The summed E-state index contributed by atoms with van der Waals surface area (Å²) in [6, 6.07) is 0. The largest absolute Gasteiger partial charge is 0.391 e. The van der Waals surface area contributed by atoms with Crippen molar-refractivity contribution in [1.82, 2.24) is 0 Å². The second kappa shape index (κ2) is 5.10. The van der Waals surface area contributed by atoms with Crippen LogP contribution < -0.4 is 0 Å². The average molecular weight is 326 g/mol. The van der Waals surface area contributed by atoms with E-state index in [4.69, 9.17) is 0 Å². The Kier molecular flexibility index (Phi) is 3.48. The number of rotatable bonds is 0. The lowest BCUT2D eigenvalue weighted by Crippen LogP contribution is -2.49. The summed E-state index contributed by atoms with van der Waals surface area (Å²) in [5, 5.41) is 0. The molecular weight excluding hydrogens is 301 g/mol. The van der Waals surface area contributed by atoms with Crippen molar-refractivity contribution in [3.05, 3.63) is 12.2 Å². The zero-order valence-corrected chi connectivity index (χ0v) is 13.6. The highest BCUT2D eigenvalue weighted by molar-refractivity contribution is 5.97. The molecule has 0 aromatic carbocycles.